The number of hydrogen-bond donors (Lipinski definition) is 1. The van der Waals surface area contributed by atoms with E-state index in [-0.39, 0.29) is 23.2 Å². The Labute approximate surface area is 162 Å². The number of esters is 1. The van der Waals surface area contributed by atoms with Crippen LogP contribution < -0.4 is 5.32 Å². The summed E-state index contributed by atoms with van der Waals surface area (Å²) in [4.78, 5) is 26.2. The second kappa shape index (κ2) is 5.83. The monoisotopic (exact) mass is 369 g/mol. The zero-order chi connectivity index (χ0) is 19.6. The summed E-state index contributed by atoms with van der Waals surface area (Å²) >= 11 is 0. The Hall–Kier alpha value is -1.84. The minimum atomic E-state index is -0.457. The van der Waals surface area contributed by atoms with Crippen molar-refractivity contribution in [2.45, 2.75) is 77.2 Å². The van der Waals surface area contributed by atoms with E-state index >= 15 is 0 Å². The van der Waals surface area contributed by atoms with E-state index in [4.69, 9.17) is 4.74 Å². The molecule has 0 unspecified atom stereocenters. The van der Waals surface area contributed by atoms with Gasteiger partial charge in [0.15, 0.2) is 0 Å². The third-order valence-electron chi connectivity index (χ3n) is 7.47. The number of nitrogens with one attached hydrogen (secondary N) is 1. The van der Waals surface area contributed by atoms with Crippen molar-refractivity contribution in [1.82, 2.24) is 5.32 Å². The van der Waals surface area contributed by atoms with E-state index in [2.05, 4.69) is 51.2 Å². The molecule has 1 N–H and O–H groups in total. The summed E-state index contributed by atoms with van der Waals surface area (Å²) in [5, 5.41) is 3.18. The van der Waals surface area contributed by atoms with Gasteiger partial charge >= 0.3 is 5.97 Å². The van der Waals surface area contributed by atoms with Gasteiger partial charge in [-0.3, -0.25) is 9.59 Å². The van der Waals surface area contributed by atoms with Crippen molar-refractivity contribution in [3.63, 3.8) is 0 Å². The molecule has 4 nitrogen and oxygen atoms in total. The maximum atomic E-state index is 13.5. The summed E-state index contributed by atoms with van der Waals surface area (Å²) in [5.41, 5.74) is 2.55. The molecule has 4 atom stereocenters. The maximum Gasteiger partial charge on any atom is 0.306 e. The average molecular weight is 370 g/mol. The van der Waals surface area contributed by atoms with Gasteiger partial charge in [0.2, 0.25) is 5.91 Å². The van der Waals surface area contributed by atoms with Crippen LogP contribution in [0.1, 0.15) is 76.0 Å². The Morgan fingerprint density at radius 2 is 2.04 bits per heavy atom. The molecule has 2 aliphatic carbocycles. The molecule has 4 heteroatoms. The van der Waals surface area contributed by atoms with Crippen molar-refractivity contribution in [2.75, 3.05) is 6.54 Å². The highest BCUT2D eigenvalue weighted by molar-refractivity contribution is 5.89. The predicted molar refractivity (Wildman–Crippen MR) is 105 cm³/mol. The van der Waals surface area contributed by atoms with Crippen LogP contribution in [0.2, 0.25) is 0 Å². The van der Waals surface area contributed by atoms with E-state index in [0.29, 0.717) is 18.9 Å². The van der Waals surface area contributed by atoms with Gasteiger partial charge in [0.25, 0.3) is 0 Å². The van der Waals surface area contributed by atoms with Crippen molar-refractivity contribution in [3.8, 4) is 0 Å². The molecule has 1 aromatic rings. The smallest absolute Gasteiger partial charge is 0.306 e. The molecule has 4 rings (SSSR count). The standard InChI is InChI=1S/C23H31NO3/c1-14(2)12-24-20(26)19-18-15(3)7-6-8-16(18)22(5)10-9-21(4)13-23(19,22)11-17(25)27-21/h6-8,14,19H,9-13H2,1-5H3,(H,24,26)/t19-,21+,22+,23+/m1/s1. The van der Waals surface area contributed by atoms with E-state index in [1.807, 2.05) is 6.92 Å². The zero-order valence-electron chi connectivity index (χ0n) is 17.1. The van der Waals surface area contributed by atoms with Gasteiger partial charge in [-0.15, -0.1) is 0 Å². The molecule has 1 saturated heterocycles. The Bertz CT molecular complexity index is 816. The minimum absolute atomic E-state index is 0.0712. The summed E-state index contributed by atoms with van der Waals surface area (Å²) < 4.78 is 5.78. The van der Waals surface area contributed by atoms with E-state index in [1.165, 1.54) is 5.56 Å². The maximum absolute atomic E-state index is 13.5. The van der Waals surface area contributed by atoms with Crippen LogP contribution in [0, 0.1) is 18.3 Å². The molecule has 1 aromatic carbocycles. The van der Waals surface area contributed by atoms with E-state index in [9.17, 15) is 9.59 Å². The number of fused-ring (bicyclic) bond motifs is 3. The number of benzene rings is 1. The molecule has 1 saturated carbocycles. The summed E-state index contributed by atoms with van der Waals surface area (Å²) in [7, 11) is 0. The first kappa shape index (κ1) is 18.5. The van der Waals surface area contributed by atoms with Crippen LogP contribution in [-0.2, 0) is 19.7 Å². The predicted octanol–water partition coefficient (Wildman–Crippen LogP) is 4.00. The lowest BCUT2D eigenvalue weighted by molar-refractivity contribution is -0.196. The Morgan fingerprint density at radius 1 is 1.30 bits per heavy atom. The van der Waals surface area contributed by atoms with Crippen LogP contribution in [0.25, 0.3) is 0 Å². The Balaban J connectivity index is 1.90. The van der Waals surface area contributed by atoms with Crippen molar-refractivity contribution in [1.29, 1.82) is 0 Å². The summed E-state index contributed by atoms with van der Waals surface area (Å²) in [5.74, 6) is 0.0252. The fourth-order valence-corrected chi connectivity index (χ4v) is 6.16. The highest BCUT2D eigenvalue weighted by Crippen LogP contribution is 2.70. The van der Waals surface area contributed by atoms with Gasteiger partial charge in [-0.1, -0.05) is 39.0 Å². The fraction of sp³-hybridized carbons (Fsp3) is 0.652. The van der Waals surface area contributed by atoms with Gasteiger partial charge in [-0.05, 0) is 55.7 Å². The fourth-order valence-electron chi connectivity index (χ4n) is 6.16. The van der Waals surface area contributed by atoms with E-state index in [0.717, 1.165) is 30.4 Å². The molecular formula is C23H31NO3. The van der Waals surface area contributed by atoms with Crippen LogP contribution in [0.15, 0.2) is 18.2 Å². The lowest BCUT2D eigenvalue weighted by Gasteiger charge is -2.58. The average Bonchev–Trinajstić information content (AvgIpc) is 2.78. The van der Waals surface area contributed by atoms with Crippen LogP contribution in [0.5, 0.6) is 0 Å². The molecule has 146 valence electrons. The second-order valence-electron chi connectivity index (χ2n) is 9.87. The third-order valence-corrected chi connectivity index (χ3v) is 7.47. The Morgan fingerprint density at radius 3 is 2.74 bits per heavy atom. The quantitative estimate of drug-likeness (QED) is 0.820. The van der Waals surface area contributed by atoms with E-state index < -0.39 is 11.0 Å². The molecule has 1 amide bonds. The molecule has 1 spiro atoms. The van der Waals surface area contributed by atoms with Crippen LogP contribution in [0.3, 0.4) is 0 Å². The summed E-state index contributed by atoms with van der Waals surface area (Å²) in [6, 6.07) is 6.37. The van der Waals surface area contributed by atoms with Gasteiger partial charge in [0, 0.05) is 17.4 Å². The molecular weight excluding hydrogens is 338 g/mol. The number of aryl methyl sites for hydroxylation is 1. The lowest BCUT2D eigenvalue weighted by atomic mass is 9.49. The zero-order valence-corrected chi connectivity index (χ0v) is 17.1. The summed E-state index contributed by atoms with van der Waals surface area (Å²) in [6.45, 7) is 11.3. The summed E-state index contributed by atoms with van der Waals surface area (Å²) in [6.07, 6.45) is 2.88. The largest absolute Gasteiger partial charge is 0.459 e. The molecule has 2 bridgehead atoms. The van der Waals surface area contributed by atoms with Crippen molar-refractivity contribution < 1.29 is 14.3 Å². The molecule has 0 aromatic heterocycles. The number of amides is 1. The highest BCUT2D eigenvalue weighted by atomic mass is 16.6. The Kier molecular flexibility index (Phi) is 4.00. The normalized spacial score (nSPS) is 36.8. The minimum Gasteiger partial charge on any atom is -0.459 e. The van der Waals surface area contributed by atoms with Gasteiger partial charge < -0.3 is 10.1 Å². The first-order valence-corrected chi connectivity index (χ1v) is 10.2. The van der Waals surface area contributed by atoms with Crippen molar-refractivity contribution >= 4 is 11.9 Å². The highest BCUT2D eigenvalue weighted by Gasteiger charge is 2.69. The molecule has 0 radical (unpaired) electrons. The number of carbonyl (C=O) groups excluding carboxylic acids is 2. The van der Waals surface area contributed by atoms with Crippen LogP contribution in [0.4, 0.5) is 0 Å². The van der Waals surface area contributed by atoms with E-state index in [1.54, 1.807) is 0 Å². The topological polar surface area (TPSA) is 55.4 Å². The first-order valence-electron chi connectivity index (χ1n) is 10.2. The molecule has 27 heavy (non-hydrogen) atoms. The van der Waals surface area contributed by atoms with Gasteiger partial charge in [-0.2, -0.15) is 0 Å². The van der Waals surface area contributed by atoms with Gasteiger partial charge in [0.05, 0.1) is 12.3 Å². The third kappa shape index (κ3) is 2.48. The number of ether oxygens (including phenoxy) is 1. The molecule has 1 heterocycles. The van der Waals surface area contributed by atoms with Crippen LogP contribution in [-0.4, -0.2) is 24.0 Å². The first-order chi connectivity index (χ1) is 12.6. The molecule has 2 fully saturated rings. The van der Waals surface area contributed by atoms with Crippen LogP contribution >= 0.6 is 0 Å². The SMILES string of the molecule is Cc1cccc2c1[C@H](C(=O)NCC(C)C)[C@@]13CC(=O)O[C@@](C)(CC[C@@]21C)C3. The molecule has 3 aliphatic rings. The second-order valence-corrected chi connectivity index (χ2v) is 9.87. The number of rotatable bonds is 3. The van der Waals surface area contributed by atoms with Gasteiger partial charge in [-0.25, -0.2) is 0 Å². The molecule has 1 aliphatic heterocycles. The lowest BCUT2D eigenvalue weighted by Crippen LogP contribution is -2.60. The van der Waals surface area contributed by atoms with Crippen molar-refractivity contribution in [2.24, 2.45) is 11.3 Å². The van der Waals surface area contributed by atoms with Crippen molar-refractivity contribution in [3.05, 3.63) is 34.9 Å². The van der Waals surface area contributed by atoms with Gasteiger partial charge in [0.1, 0.15) is 5.60 Å². The number of hydrogen-bond acceptors (Lipinski definition) is 3. The number of carbonyl (C=O) groups is 2.